The SMILES string of the molecule is CCn1ccc(=O)n(Cc2ccccc2N)c1=O. The van der Waals surface area contributed by atoms with Gasteiger partial charge in [0, 0.05) is 24.5 Å². The molecule has 0 aliphatic carbocycles. The highest BCUT2D eigenvalue weighted by molar-refractivity contribution is 5.46. The molecule has 1 aromatic heterocycles. The van der Waals surface area contributed by atoms with E-state index in [4.69, 9.17) is 5.73 Å². The zero-order valence-corrected chi connectivity index (χ0v) is 10.2. The minimum absolute atomic E-state index is 0.200. The molecule has 0 fully saturated rings. The number of hydrogen-bond donors (Lipinski definition) is 1. The van der Waals surface area contributed by atoms with Crippen LogP contribution in [-0.4, -0.2) is 9.13 Å². The molecule has 5 nitrogen and oxygen atoms in total. The molecule has 2 rings (SSSR count). The molecule has 94 valence electrons. The van der Waals surface area contributed by atoms with Crippen molar-refractivity contribution in [1.29, 1.82) is 0 Å². The van der Waals surface area contributed by atoms with Gasteiger partial charge in [0.2, 0.25) is 0 Å². The summed E-state index contributed by atoms with van der Waals surface area (Å²) in [5, 5.41) is 0. The van der Waals surface area contributed by atoms with Gasteiger partial charge in [-0.15, -0.1) is 0 Å². The standard InChI is InChI=1S/C13H15N3O2/c1-2-15-8-7-12(17)16(13(15)18)9-10-5-3-4-6-11(10)14/h3-8H,2,9,14H2,1H3. The second-order valence-electron chi connectivity index (χ2n) is 4.01. The second-order valence-corrected chi connectivity index (χ2v) is 4.01. The molecular formula is C13H15N3O2. The van der Waals surface area contributed by atoms with Gasteiger partial charge in [-0.1, -0.05) is 18.2 Å². The Morgan fingerprint density at radius 3 is 2.56 bits per heavy atom. The summed E-state index contributed by atoms with van der Waals surface area (Å²) < 4.78 is 2.68. The fourth-order valence-corrected chi connectivity index (χ4v) is 1.79. The lowest BCUT2D eigenvalue weighted by molar-refractivity contribution is 0.600. The van der Waals surface area contributed by atoms with E-state index in [1.54, 1.807) is 6.07 Å². The topological polar surface area (TPSA) is 70.0 Å². The number of anilines is 1. The number of hydrogen-bond acceptors (Lipinski definition) is 3. The average molecular weight is 245 g/mol. The maximum Gasteiger partial charge on any atom is 0.331 e. The Bertz CT molecular complexity index is 670. The monoisotopic (exact) mass is 245 g/mol. The van der Waals surface area contributed by atoms with Crippen LogP contribution in [0.4, 0.5) is 5.69 Å². The quantitative estimate of drug-likeness (QED) is 0.808. The highest BCUT2D eigenvalue weighted by atomic mass is 16.2. The lowest BCUT2D eigenvalue weighted by Gasteiger charge is -2.09. The van der Waals surface area contributed by atoms with E-state index in [1.807, 2.05) is 25.1 Å². The van der Waals surface area contributed by atoms with Crippen LogP contribution in [0.25, 0.3) is 0 Å². The smallest absolute Gasteiger partial charge is 0.331 e. The molecule has 1 aromatic carbocycles. The number of benzene rings is 1. The number of nitrogens with zero attached hydrogens (tertiary/aromatic N) is 2. The van der Waals surface area contributed by atoms with Crippen molar-refractivity contribution >= 4 is 5.69 Å². The third-order valence-corrected chi connectivity index (χ3v) is 2.86. The van der Waals surface area contributed by atoms with Gasteiger partial charge >= 0.3 is 5.69 Å². The first-order valence-corrected chi connectivity index (χ1v) is 5.77. The van der Waals surface area contributed by atoms with E-state index in [0.29, 0.717) is 12.2 Å². The molecule has 0 atom stereocenters. The lowest BCUT2D eigenvalue weighted by atomic mass is 10.2. The van der Waals surface area contributed by atoms with Gasteiger partial charge in [-0.05, 0) is 18.6 Å². The molecule has 0 aliphatic heterocycles. The molecule has 1 heterocycles. The van der Waals surface area contributed by atoms with E-state index >= 15 is 0 Å². The van der Waals surface area contributed by atoms with Gasteiger partial charge in [0.1, 0.15) is 0 Å². The predicted molar refractivity (Wildman–Crippen MR) is 70.6 cm³/mol. The molecule has 18 heavy (non-hydrogen) atoms. The summed E-state index contributed by atoms with van der Waals surface area (Å²) in [6, 6.07) is 8.60. The van der Waals surface area contributed by atoms with E-state index in [-0.39, 0.29) is 17.8 Å². The number of aromatic nitrogens is 2. The number of para-hydroxylation sites is 1. The summed E-state index contributed by atoms with van der Waals surface area (Å²) in [6.45, 7) is 2.58. The highest BCUT2D eigenvalue weighted by Crippen LogP contribution is 2.10. The van der Waals surface area contributed by atoms with Crippen LogP contribution in [0.3, 0.4) is 0 Å². The molecule has 0 unspecified atom stereocenters. The van der Waals surface area contributed by atoms with Gasteiger partial charge < -0.3 is 10.3 Å². The average Bonchev–Trinajstić information content (AvgIpc) is 2.37. The van der Waals surface area contributed by atoms with Crippen LogP contribution >= 0.6 is 0 Å². The van der Waals surface area contributed by atoms with Crippen LogP contribution in [-0.2, 0) is 13.1 Å². The lowest BCUT2D eigenvalue weighted by Crippen LogP contribution is -2.39. The Labute approximate surface area is 104 Å². The first kappa shape index (κ1) is 12.2. The molecule has 0 saturated heterocycles. The van der Waals surface area contributed by atoms with Gasteiger partial charge in [0.25, 0.3) is 5.56 Å². The van der Waals surface area contributed by atoms with Crippen LogP contribution in [0.1, 0.15) is 12.5 Å². The summed E-state index contributed by atoms with van der Waals surface area (Å²) in [4.78, 5) is 23.8. The van der Waals surface area contributed by atoms with Crippen molar-refractivity contribution in [3.63, 3.8) is 0 Å². The van der Waals surface area contributed by atoms with Crippen molar-refractivity contribution in [2.75, 3.05) is 5.73 Å². The van der Waals surface area contributed by atoms with Crippen LogP contribution in [0.2, 0.25) is 0 Å². The minimum atomic E-state index is -0.312. The molecule has 2 N–H and O–H groups in total. The van der Waals surface area contributed by atoms with Gasteiger partial charge in [0.15, 0.2) is 0 Å². The van der Waals surface area contributed by atoms with Crippen LogP contribution < -0.4 is 17.0 Å². The predicted octanol–water partition coefficient (Wildman–Crippen LogP) is 0.660. The van der Waals surface area contributed by atoms with Gasteiger partial charge in [-0.25, -0.2) is 4.79 Å². The minimum Gasteiger partial charge on any atom is -0.398 e. The van der Waals surface area contributed by atoms with E-state index in [0.717, 1.165) is 5.56 Å². The van der Waals surface area contributed by atoms with Gasteiger partial charge in [0.05, 0.1) is 6.54 Å². The van der Waals surface area contributed by atoms with Crippen molar-refractivity contribution in [2.45, 2.75) is 20.0 Å². The molecule has 5 heteroatoms. The number of rotatable bonds is 3. The number of nitrogen functional groups attached to an aromatic ring is 1. The zero-order chi connectivity index (χ0) is 13.1. The summed E-state index contributed by atoms with van der Waals surface area (Å²) in [6.07, 6.45) is 1.51. The first-order chi connectivity index (χ1) is 8.63. The molecule has 0 radical (unpaired) electrons. The molecule has 0 bridgehead atoms. The van der Waals surface area contributed by atoms with E-state index in [1.165, 1.54) is 21.4 Å². The molecule has 0 saturated carbocycles. The Balaban J connectivity index is 2.50. The largest absolute Gasteiger partial charge is 0.398 e. The summed E-state index contributed by atoms with van der Waals surface area (Å²) >= 11 is 0. The maximum absolute atomic E-state index is 12.0. The molecular weight excluding hydrogens is 230 g/mol. The first-order valence-electron chi connectivity index (χ1n) is 5.77. The Morgan fingerprint density at radius 1 is 1.17 bits per heavy atom. The Hall–Kier alpha value is -2.30. The van der Waals surface area contributed by atoms with Crippen LogP contribution in [0.15, 0.2) is 46.1 Å². The van der Waals surface area contributed by atoms with E-state index < -0.39 is 0 Å². The van der Waals surface area contributed by atoms with E-state index in [2.05, 4.69) is 0 Å². The summed E-state index contributed by atoms with van der Waals surface area (Å²) in [5.74, 6) is 0. The van der Waals surface area contributed by atoms with Gasteiger partial charge in [-0.3, -0.25) is 9.36 Å². The van der Waals surface area contributed by atoms with Crippen molar-refractivity contribution in [3.8, 4) is 0 Å². The van der Waals surface area contributed by atoms with Crippen molar-refractivity contribution in [3.05, 3.63) is 62.9 Å². The normalized spacial score (nSPS) is 10.5. The van der Waals surface area contributed by atoms with E-state index in [9.17, 15) is 9.59 Å². The Kier molecular flexibility index (Phi) is 3.32. The highest BCUT2D eigenvalue weighted by Gasteiger charge is 2.06. The number of nitrogens with two attached hydrogens (primary N) is 1. The third-order valence-electron chi connectivity index (χ3n) is 2.86. The fourth-order valence-electron chi connectivity index (χ4n) is 1.79. The molecule has 0 amide bonds. The molecule has 0 spiro atoms. The van der Waals surface area contributed by atoms with Crippen molar-refractivity contribution in [1.82, 2.24) is 9.13 Å². The fraction of sp³-hybridized carbons (Fsp3) is 0.231. The zero-order valence-electron chi connectivity index (χ0n) is 10.2. The molecule has 0 aliphatic rings. The second kappa shape index (κ2) is 4.91. The van der Waals surface area contributed by atoms with Crippen molar-refractivity contribution in [2.24, 2.45) is 0 Å². The van der Waals surface area contributed by atoms with Gasteiger partial charge in [-0.2, -0.15) is 0 Å². The maximum atomic E-state index is 12.0. The third kappa shape index (κ3) is 2.20. The molecule has 2 aromatic rings. The van der Waals surface area contributed by atoms with Crippen LogP contribution in [0.5, 0.6) is 0 Å². The number of aryl methyl sites for hydroxylation is 1. The summed E-state index contributed by atoms with van der Waals surface area (Å²) in [7, 11) is 0. The summed E-state index contributed by atoms with van der Waals surface area (Å²) in [5.41, 5.74) is 6.54. The van der Waals surface area contributed by atoms with Crippen LogP contribution in [0, 0.1) is 0 Å². The Morgan fingerprint density at radius 2 is 1.89 bits per heavy atom. The van der Waals surface area contributed by atoms with Crippen molar-refractivity contribution < 1.29 is 0 Å².